The molecule has 5 heteroatoms. The molecular formula is C11H18N2O3. The maximum Gasteiger partial charge on any atom is 0.308 e. The standard InChI is InChI=1S/C11H18N2O3/c1-6(5-12)10(14)13-7-2-3-9(13)8(4-7)11(15)16/h6-9H,2-5,12H2,1H3,(H,15,16). The van der Waals surface area contributed by atoms with Crippen LogP contribution in [0.4, 0.5) is 0 Å². The van der Waals surface area contributed by atoms with Gasteiger partial charge >= 0.3 is 5.97 Å². The molecule has 3 N–H and O–H groups in total. The first kappa shape index (κ1) is 11.4. The van der Waals surface area contributed by atoms with Gasteiger partial charge in [-0.3, -0.25) is 9.59 Å². The molecule has 2 aliphatic rings. The van der Waals surface area contributed by atoms with Crippen LogP contribution in [0.5, 0.6) is 0 Å². The highest BCUT2D eigenvalue weighted by molar-refractivity contribution is 5.82. The zero-order valence-corrected chi connectivity index (χ0v) is 9.43. The van der Waals surface area contributed by atoms with E-state index in [0.717, 1.165) is 12.8 Å². The van der Waals surface area contributed by atoms with E-state index in [1.807, 2.05) is 0 Å². The maximum atomic E-state index is 12.1. The number of aliphatic carboxylic acids is 1. The van der Waals surface area contributed by atoms with Crippen molar-refractivity contribution < 1.29 is 14.7 Å². The van der Waals surface area contributed by atoms with Crippen molar-refractivity contribution in [2.45, 2.75) is 38.3 Å². The van der Waals surface area contributed by atoms with Crippen molar-refractivity contribution in [3.8, 4) is 0 Å². The molecule has 2 bridgehead atoms. The SMILES string of the molecule is CC(CN)C(=O)N1C2CCC1C(C(=O)O)C2. The number of fused-ring (bicyclic) bond motifs is 2. The lowest BCUT2D eigenvalue weighted by atomic mass is 9.89. The predicted octanol–water partition coefficient (Wildman–Crippen LogP) is 0.0453. The molecule has 5 nitrogen and oxygen atoms in total. The van der Waals surface area contributed by atoms with E-state index < -0.39 is 5.97 Å². The summed E-state index contributed by atoms with van der Waals surface area (Å²) in [5.74, 6) is -1.31. The van der Waals surface area contributed by atoms with Crippen molar-refractivity contribution in [3.63, 3.8) is 0 Å². The molecule has 2 rings (SSSR count). The molecule has 0 saturated carbocycles. The second-order valence-electron chi connectivity index (χ2n) is 4.86. The van der Waals surface area contributed by atoms with Crippen LogP contribution in [0.25, 0.3) is 0 Å². The number of amides is 1. The van der Waals surface area contributed by atoms with E-state index in [1.54, 1.807) is 11.8 Å². The number of carbonyl (C=O) groups excluding carboxylic acids is 1. The van der Waals surface area contributed by atoms with Gasteiger partial charge in [-0.2, -0.15) is 0 Å². The Morgan fingerprint density at radius 2 is 2.19 bits per heavy atom. The summed E-state index contributed by atoms with van der Waals surface area (Å²) in [4.78, 5) is 24.9. The lowest BCUT2D eigenvalue weighted by Crippen LogP contribution is -2.42. The molecule has 90 valence electrons. The van der Waals surface area contributed by atoms with Crippen LogP contribution < -0.4 is 5.73 Å². The summed E-state index contributed by atoms with van der Waals surface area (Å²) < 4.78 is 0. The second-order valence-corrected chi connectivity index (χ2v) is 4.86. The monoisotopic (exact) mass is 226 g/mol. The van der Waals surface area contributed by atoms with E-state index >= 15 is 0 Å². The summed E-state index contributed by atoms with van der Waals surface area (Å²) in [6.07, 6.45) is 2.38. The Labute approximate surface area is 94.6 Å². The van der Waals surface area contributed by atoms with E-state index in [0.29, 0.717) is 13.0 Å². The number of rotatable bonds is 3. The van der Waals surface area contributed by atoms with E-state index in [1.165, 1.54) is 0 Å². The molecule has 0 aromatic carbocycles. The molecular weight excluding hydrogens is 208 g/mol. The first-order chi connectivity index (χ1) is 7.56. The summed E-state index contributed by atoms with van der Waals surface area (Å²) in [6, 6.07) is 0.0385. The molecule has 2 aliphatic heterocycles. The number of carboxylic acids is 1. The van der Waals surface area contributed by atoms with Crippen molar-refractivity contribution in [1.82, 2.24) is 4.90 Å². The minimum absolute atomic E-state index is 0.0266. The molecule has 2 heterocycles. The van der Waals surface area contributed by atoms with Gasteiger partial charge in [0.25, 0.3) is 0 Å². The molecule has 16 heavy (non-hydrogen) atoms. The van der Waals surface area contributed by atoms with Gasteiger partial charge < -0.3 is 15.7 Å². The third kappa shape index (κ3) is 1.59. The maximum absolute atomic E-state index is 12.1. The Morgan fingerprint density at radius 1 is 1.50 bits per heavy atom. The van der Waals surface area contributed by atoms with Crippen LogP contribution in [0.15, 0.2) is 0 Å². The van der Waals surface area contributed by atoms with Crippen LogP contribution in [0, 0.1) is 11.8 Å². The zero-order chi connectivity index (χ0) is 11.9. The van der Waals surface area contributed by atoms with Gasteiger partial charge in [0.1, 0.15) is 0 Å². The fourth-order valence-electron chi connectivity index (χ4n) is 2.95. The number of hydrogen-bond acceptors (Lipinski definition) is 3. The number of nitrogens with zero attached hydrogens (tertiary/aromatic N) is 1. The van der Waals surface area contributed by atoms with E-state index in [-0.39, 0.29) is 29.8 Å². The molecule has 2 saturated heterocycles. The molecule has 4 atom stereocenters. The third-order valence-electron chi connectivity index (χ3n) is 3.88. The Balaban J connectivity index is 2.13. The minimum Gasteiger partial charge on any atom is -0.481 e. The first-order valence-electron chi connectivity index (χ1n) is 5.81. The Hall–Kier alpha value is -1.10. The molecule has 0 aromatic heterocycles. The Kier molecular flexibility index (Phi) is 2.88. The van der Waals surface area contributed by atoms with Crippen LogP contribution in [0.3, 0.4) is 0 Å². The molecule has 0 aromatic rings. The first-order valence-corrected chi connectivity index (χ1v) is 5.81. The summed E-state index contributed by atoms with van der Waals surface area (Å²) in [7, 11) is 0. The molecule has 4 unspecified atom stereocenters. The van der Waals surface area contributed by atoms with Crippen LogP contribution in [0.2, 0.25) is 0 Å². The normalized spacial score (nSPS) is 34.1. The molecule has 0 radical (unpaired) electrons. The summed E-state index contributed by atoms with van der Waals surface area (Å²) in [5, 5.41) is 9.07. The number of hydrogen-bond donors (Lipinski definition) is 2. The fraction of sp³-hybridized carbons (Fsp3) is 0.818. The number of carboxylic acid groups (broad SMARTS) is 1. The highest BCUT2D eigenvalue weighted by Gasteiger charge is 2.51. The van der Waals surface area contributed by atoms with Crippen LogP contribution in [-0.4, -0.2) is 40.5 Å². The summed E-state index contributed by atoms with van der Waals surface area (Å²) in [6.45, 7) is 2.13. The molecule has 0 spiro atoms. The predicted molar refractivity (Wildman–Crippen MR) is 57.6 cm³/mol. The van der Waals surface area contributed by atoms with Crippen molar-refractivity contribution in [1.29, 1.82) is 0 Å². The minimum atomic E-state index is -0.773. The van der Waals surface area contributed by atoms with Gasteiger partial charge in [0.05, 0.1) is 5.92 Å². The van der Waals surface area contributed by atoms with Crippen LogP contribution in [-0.2, 0) is 9.59 Å². The topological polar surface area (TPSA) is 83.6 Å². The van der Waals surface area contributed by atoms with Gasteiger partial charge in [-0.25, -0.2) is 0 Å². The zero-order valence-electron chi connectivity index (χ0n) is 9.43. The van der Waals surface area contributed by atoms with Gasteiger partial charge in [-0.05, 0) is 19.3 Å². The largest absolute Gasteiger partial charge is 0.481 e. The highest BCUT2D eigenvalue weighted by atomic mass is 16.4. The molecule has 2 fully saturated rings. The van der Waals surface area contributed by atoms with Gasteiger partial charge in [-0.15, -0.1) is 0 Å². The van der Waals surface area contributed by atoms with E-state index in [2.05, 4.69) is 0 Å². The van der Waals surface area contributed by atoms with Crippen LogP contribution >= 0.6 is 0 Å². The van der Waals surface area contributed by atoms with Crippen LogP contribution in [0.1, 0.15) is 26.2 Å². The molecule has 1 amide bonds. The van der Waals surface area contributed by atoms with Gasteiger partial charge in [0.2, 0.25) is 5.91 Å². The third-order valence-corrected chi connectivity index (χ3v) is 3.88. The van der Waals surface area contributed by atoms with Crippen molar-refractivity contribution in [2.75, 3.05) is 6.54 Å². The highest BCUT2D eigenvalue weighted by Crippen LogP contribution is 2.42. The molecule has 0 aliphatic carbocycles. The Bertz CT molecular complexity index is 318. The quantitative estimate of drug-likeness (QED) is 0.712. The van der Waals surface area contributed by atoms with E-state index in [4.69, 9.17) is 10.8 Å². The average molecular weight is 226 g/mol. The van der Waals surface area contributed by atoms with Crippen molar-refractivity contribution >= 4 is 11.9 Å². The van der Waals surface area contributed by atoms with Crippen molar-refractivity contribution in [2.24, 2.45) is 17.6 Å². The Morgan fingerprint density at radius 3 is 2.69 bits per heavy atom. The summed E-state index contributed by atoms with van der Waals surface area (Å²) >= 11 is 0. The van der Waals surface area contributed by atoms with Gasteiger partial charge in [0.15, 0.2) is 0 Å². The van der Waals surface area contributed by atoms with Gasteiger partial charge in [-0.1, -0.05) is 6.92 Å². The lowest BCUT2D eigenvalue weighted by molar-refractivity contribution is -0.143. The number of carbonyl (C=O) groups is 2. The van der Waals surface area contributed by atoms with Gasteiger partial charge in [0, 0.05) is 24.5 Å². The lowest BCUT2D eigenvalue weighted by Gasteiger charge is -2.25. The smallest absolute Gasteiger partial charge is 0.308 e. The summed E-state index contributed by atoms with van der Waals surface area (Å²) in [5.41, 5.74) is 5.48. The van der Waals surface area contributed by atoms with Crippen molar-refractivity contribution in [3.05, 3.63) is 0 Å². The van der Waals surface area contributed by atoms with E-state index in [9.17, 15) is 9.59 Å². The number of nitrogens with two attached hydrogens (primary N) is 1. The average Bonchev–Trinajstić information content (AvgIpc) is 2.83. The second kappa shape index (κ2) is 4.05. The fourth-order valence-corrected chi connectivity index (χ4v) is 2.95.